The fraction of sp³-hybridized carbons (Fsp3) is 0.200. The minimum Gasteiger partial charge on any atom is -0.494 e. The van der Waals surface area contributed by atoms with Gasteiger partial charge in [0.2, 0.25) is 11.6 Å². The van der Waals surface area contributed by atoms with Crippen LogP contribution in [0.2, 0.25) is 0 Å². The van der Waals surface area contributed by atoms with Crippen LogP contribution in [0.1, 0.15) is 22.3 Å². The van der Waals surface area contributed by atoms with E-state index in [1.165, 1.54) is 26.4 Å². The van der Waals surface area contributed by atoms with Crippen molar-refractivity contribution < 1.29 is 36.5 Å². The van der Waals surface area contributed by atoms with Crippen LogP contribution in [0.4, 0.5) is 17.6 Å². The molecule has 0 amide bonds. The molecule has 0 atom stereocenters. The molecule has 0 bridgehead atoms. The highest BCUT2D eigenvalue weighted by atomic mass is 19.1. The van der Waals surface area contributed by atoms with Crippen molar-refractivity contribution in [3.63, 3.8) is 0 Å². The van der Waals surface area contributed by atoms with Gasteiger partial charge in [0.05, 0.1) is 14.2 Å². The Hall–Kier alpha value is -4.20. The van der Waals surface area contributed by atoms with Gasteiger partial charge in [0.15, 0.2) is 23.0 Å². The SMILES string of the molecule is COc1ccc2c(c1F)OCc1c-2ccc(C)c1F.COc1ccc2c(c1F)OCc1c-2ccc(C)c1F. The third-order valence-electron chi connectivity index (χ3n) is 6.74. The molecular formula is C30H24F4O4. The van der Waals surface area contributed by atoms with Gasteiger partial charge in [0.25, 0.3) is 0 Å². The van der Waals surface area contributed by atoms with E-state index in [1.54, 1.807) is 50.2 Å². The lowest BCUT2D eigenvalue weighted by atomic mass is 9.94. The predicted molar refractivity (Wildman–Crippen MR) is 135 cm³/mol. The third-order valence-corrected chi connectivity index (χ3v) is 6.74. The largest absolute Gasteiger partial charge is 0.494 e. The summed E-state index contributed by atoms with van der Waals surface area (Å²) in [7, 11) is 2.79. The second-order valence-corrected chi connectivity index (χ2v) is 8.94. The molecule has 0 radical (unpaired) electrons. The van der Waals surface area contributed by atoms with Gasteiger partial charge in [0, 0.05) is 22.3 Å². The first-order valence-electron chi connectivity index (χ1n) is 11.8. The molecule has 8 heteroatoms. The fourth-order valence-corrected chi connectivity index (χ4v) is 4.65. The summed E-state index contributed by atoms with van der Waals surface area (Å²) in [4.78, 5) is 0. The van der Waals surface area contributed by atoms with E-state index in [-0.39, 0.29) is 47.8 Å². The first kappa shape index (κ1) is 25.4. The number of ether oxygens (including phenoxy) is 4. The van der Waals surface area contributed by atoms with E-state index in [4.69, 9.17) is 18.9 Å². The maximum atomic E-state index is 14.1. The van der Waals surface area contributed by atoms with E-state index in [2.05, 4.69) is 0 Å². The Labute approximate surface area is 217 Å². The van der Waals surface area contributed by atoms with Gasteiger partial charge in [-0.05, 0) is 60.4 Å². The number of aryl methyl sites for hydroxylation is 2. The molecule has 0 unspecified atom stereocenters. The smallest absolute Gasteiger partial charge is 0.207 e. The minimum absolute atomic E-state index is 0.0277. The van der Waals surface area contributed by atoms with E-state index in [0.29, 0.717) is 44.5 Å². The average molecular weight is 525 g/mol. The molecule has 2 aliphatic rings. The topological polar surface area (TPSA) is 36.9 Å². The van der Waals surface area contributed by atoms with Crippen LogP contribution in [0.5, 0.6) is 23.0 Å². The van der Waals surface area contributed by atoms with Crippen molar-refractivity contribution in [2.45, 2.75) is 27.1 Å². The molecule has 4 aromatic carbocycles. The molecule has 0 spiro atoms. The van der Waals surface area contributed by atoms with Gasteiger partial charge < -0.3 is 18.9 Å². The zero-order valence-corrected chi connectivity index (χ0v) is 21.2. The number of hydrogen-bond donors (Lipinski definition) is 0. The summed E-state index contributed by atoms with van der Waals surface area (Å²) in [6.07, 6.45) is 0. The van der Waals surface area contributed by atoms with Gasteiger partial charge in [-0.3, -0.25) is 0 Å². The molecule has 6 rings (SSSR count). The van der Waals surface area contributed by atoms with Crippen molar-refractivity contribution in [3.05, 3.63) is 94.1 Å². The van der Waals surface area contributed by atoms with Gasteiger partial charge in [-0.1, -0.05) is 24.3 Å². The monoisotopic (exact) mass is 524 g/mol. The van der Waals surface area contributed by atoms with E-state index < -0.39 is 11.6 Å². The molecule has 2 heterocycles. The molecule has 4 aromatic rings. The molecule has 0 saturated carbocycles. The number of methoxy groups -OCH3 is 2. The standard InChI is InChI=1S/2C15H12F2O2/c2*1-8-3-4-9-10-5-6-12(18-2)14(17)15(10)19-7-11(9)13(8)16/h2*3-6H,7H2,1-2H3. The molecule has 2 aliphatic heterocycles. The summed E-state index contributed by atoms with van der Waals surface area (Å²) >= 11 is 0. The summed E-state index contributed by atoms with van der Waals surface area (Å²) in [5.41, 5.74) is 4.50. The van der Waals surface area contributed by atoms with Crippen LogP contribution in [0.15, 0.2) is 48.5 Å². The summed E-state index contributed by atoms with van der Waals surface area (Å²) in [6.45, 7) is 3.44. The fourth-order valence-electron chi connectivity index (χ4n) is 4.65. The summed E-state index contributed by atoms with van der Waals surface area (Å²) in [5.74, 6) is -1.20. The van der Waals surface area contributed by atoms with Crippen LogP contribution >= 0.6 is 0 Å². The van der Waals surface area contributed by atoms with Crippen LogP contribution in [-0.2, 0) is 13.2 Å². The Balaban J connectivity index is 0.000000155. The Morgan fingerprint density at radius 1 is 0.526 bits per heavy atom. The molecule has 0 fully saturated rings. The number of fused-ring (bicyclic) bond motifs is 6. The molecule has 0 aromatic heterocycles. The van der Waals surface area contributed by atoms with Crippen molar-refractivity contribution in [1.29, 1.82) is 0 Å². The number of benzene rings is 4. The first-order valence-corrected chi connectivity index (χ1v) is 11.8. The minimum atomic E-state index is -0.549. The van der Waals surface area contributed by atoms with Crippen LogP contribution in [0.3, 0.4) is 0 Å². The van der Waals surface area contributed by atoms with Gasteiger partial charge in [-0.25, -0.2) is 8.78 Å². The molecular weight excluding hydrogens is 500 g/mol. The second-order valence-electron chi connectivity index (χ2n) is 8.94. The lowest BCUT2D eigenvalue weighted by Crippen LogP contribution is -2.10. The van der Waals surface area contributed by atoms with Crippen molar-refractivity contribution in [1.82, 2.24) is 0 Å². The summed E-state index contributed by atoms with van der Waals surface area (Å²) < 4.78 is 76.8. The normalized spacial score (nSPS) is 12.4. The van der Waals surface area contributed by atoms with Crippen LogP contribution < -0.4 is 18.9 Å². The van der Waals surface area contributed by atoms with Crippen molar-refractivity contribution in [3.8, 4) is 45.3 Å². The number of hydrogen-bond acceptors (Lipinski definition) is 4. The highest BCUT2D eigenvalue weighted by Crippen LogP contribution is 2.44. The molecule has 0 aliphatic carbocycles. The van der Waals surface area contributed by atoms with Gasteiger partial charge in [-0.2, -0.15) is 8.78 Å². The van der Waals surface area contributed by atoms with Crippen molar-refractivity contribution in [2.75, 3.05) is 14.2 Å². The number of rotatable bonds is 2. The van der Waals surface area contributed by atoms with E-state index in [0.717, 1.165) is 0 Å². The van der Waals surface area contributed by atoms with Gasteiger partial charge >= 0.3 is 0 Å². The Kier molecular flexibility index (Phi) is 6.65. The summed E-state index contributed by atoms with van der Waals surface area (Å²) in [6, 6.07) is 13.4. The van der Waals surface area contributed by atoms with E-state index in [9.17, 15) is 17.6 Å². The van der Waals surface area contributed by atoms with Crippen LogP contribution in [0, 0.1) is 37.1 Å². The summed E-state index contributed by atoms with van der Waals surface area (Å²) in [5, 5.41) is 0. The second kappa shape index (κ2) is 9.93. The van der Waals surface area contributed by atoms with Gasteiger partial charge in [-0.15, -0.1) is 0 Å². The molecule has 4 nitrogen and oxygen atoms in total. The first-order chi connectivity index (χ1) is 18.3. The van der Waals surface area contributed by atoms with Gasteiger partial charge in [0.1, 0.15) is 24.8 Å². The van der Waals surface area contributed by atoms with E-state index in [1.807, 2.05) is 0 Å². The number of halogens is 4. The highest BCUT2D eigenvalue weighted by molar-refractivity contribution is 5.77. The van der Waals surface area contributed by atoms with Crippen LogP contribution in [0.25, 0.3) is 22.3 Å². The Bertz CT molecular complexity index is 1450. The maximum absolute atomic E-state index is 14.1. The maximum Gasteiger partial charge on any atom is 0.207 e. The average Bonchev–Trinajstić information content (AvgIpc) is 2.93. The molecule has 196 valence electrons. The zero-order chi connectivity index (χ0) is 27.1. The molecule has 38 heavy (non-hydrogen) atoms. The predicted octanol–water partition coefficient (Wildman–Crippen LogP) is 7.68. The molecule has 0 N–H and O–H groups in total. The quantitative estimate of drug-likeness (QED) is 0.252. The van der Waals surface area contributed by atoms with Crippen LogP contribution in [-0.4, -0.2) is 14.2 Å². The Morgan fingerprint density at radius 3 is 1.26 bits per heavy atom. The van der Waals surface area contributed by atoms with Crippen molar-refractivity contribution >= 4 is 0 Å². The zero-order valence-electron chi connectivity index (χ0n) is 21.2. The lowest BCUT2D eigenvalue weighted by molar-refractivity contribution is 0.273. The third kappa shape index (κ3) is 4.10. The van der Waals surface area contributed by atoms with Crippen molar-refractivity contribution in [2.24, 2.45) is 0 Å². The highest BCUT2D eigenvalue weighted by Gasteiger charge is 2.27. The molecule has 0 saturated heterocycles. The Morgan fingerprint density at radius 2 is 0.895 bits per heavy atom. The lowest BCUT2D eigenvalue weighted by Gasteiger charge is -2.23. The van der Waals surface area contributed by atoms with E-state index >= 15 is 0 Å².